The highest BCUT2D eigenvalue weighted by Crippen LogP contribution is 2.22. The van der Waals surface area contributed by atoms with Crippen LogP contribution >= 0.6 is 0 Å². The molecule has 3 heteroatoms. The van der Waals surface area contributed by atoms with E-state index in [9.17, 15) is 5.11 Å². The molecule has 3 nitrogen and oxygen atoms in total. The van der Waals surface area contributed by atoms with E-state index in [0.717, 1.165) is 17.6 Å². The van der Waals surface area contributed by atoms with Crippen LogP contribution in [0.2, 0.25) is 0 Å². The Morgan fingerprint density at radius 2 is 1.73 bits per heavy atom. The molecule has 1 aliphatic rings. The molecule has 0 aromatic carbocycles. The third-order valence-corrected chi connectivity index (χ3v) is 5.02. The van der Waals surface area contributed by atoms with Gasteiger partial charge in [-0.2, -0.15) is 0 Å². The Kier molecular flexibility index (Phi) is 10.3. The standard InChI is InChI=1S/C19H37N2O/c1-3-5-6-7-8-9-10-11-12-13-14-19-20-15-16-21(19,4-2)17-18-22/h3,15-16,19-20,22H,1,4-14,17-18H2,2H3/q+1. The zero-order valence-corrected chi connectivity index (χ0v) is 14.6. The van der Waals surface area contributed by atoms with E-state index in [2.05, 4.69) is 31.2 Å². The number of aliphatic hydroxyl groups is 1. The maximum Gasteiger partial charge on any atom is 0.166 e. The third-order valence-electron chi connectivity index (χ3n) is 5.02. The molecule has 0 bridgehead atoms. The Hall–Kier alpha value is -0.800. The second kappa shape index (κ2) is 11.7. The molecule has 1 rings (SSSR count). The van der Waals surface area contributed by atoms with Gasteiger partial charge in [0.15, 0.2) is 6.17 Å². The molecule has 0 spiro atoms. The van der Waals surface area contributed by atoms with Crippen LogP contribution in [-0.2, 0) is 0 Å². The summed E-state index contributed by atoms with van der Waals surface area (Å²) in [7, 11) is 0. The van der Waals surface area contributed by atoms with Gasteiger partial charge >= 0.3 is 0 Å². The van der Waals surface area contributed by atoms with Gasteiger partial charge in [-0.25, -0.2) is 0 Å². The molecule has 0 saturated heterocycles. The molecule has 2 atom stereocenters. The van der Waals surface area contributed by atoms with E-state index < -0.39 is 0 Å². The molecule has 0 aromatic heterocycles. The summed E-state index contributed by atoms with van der Waals surface area (Å²) in [6.45, 7) is 8.13. The fraction of sp³-hybridized carbons (Fsp3) is 0.789. The number of quaternary nitrogens is 1. The van der Waals surface area contributed by atoms with Gasteiger partial charge in [-0.3, -0.25) is 4.48 Å². The van der Waals surface area contributed by atoms with Crippen LogP contribution in [0.25, 0.3) is 0 Å². The Balaban J connectivity index is 2.03. The minimum atomic E-state index is 0.266. The maximum atomic E-state index is 9.30. The summed E-state index contributed by atoms with van der Waals surface area (Å²) in [4.78, 5) is 0. The van der Waals surface area contributed by atoms with Crippen LogP contribution in [0.3, 0.4) is 0 Å². The molecule has 0 saturated carbocycles. The summed E-state index contributed by atoms with van der Waals surface area (Å²) in [6, 6.07) is 0. The van der Waals surface area contributed by atoms with E-state index in [1.807, 2.05) is 6.08 Å². The largest absolute Gasteiger partial charge is 0.390 e. The lowest BCUT2D eigenvalue weighted by atomic mass is 10.1. The van der Waals surface area contributed by atoms with Gasteiger partial charge in [0.25, 0.3) is 0 Å². The van der Waals surface area contributed by atoms with Crippen LogP contribution in [0.5, 0.6) is 0 Å². The first-order valence-corrected chi connectivity index (χ1v) is 9.31. The monoisotopic (exact) mass is 309 g/mol. The lowest BCUT2D eigenvalue weighted by molar-refractivity contribution is -0.900. The molecule has 1 aliphatic heterocycles. The topological polar surface area (TPSA) is 32.3 Å². The minimum Gasteiger partial charge on any atom is -0.390 e. The summed E-state index contributed by atoms with van der Waals surface area (Å²) in [5.41, 5.74) is 0. The fourth-order valence-corrected chi connectivity index (χ4v) is 3.48. The summed E-state index contributed by atoms with van der Waals surface area (Å²) >= 11 is 0. The third kappa shape index (κ3) is 6.53. The predicted molar refractivity (Wildman–Crippen MR) is 95.2 cm³/mol. The van der Waals surface area contributed by atoms with E-state index in [4.69, 9.17) is 0 Å². The van der Waals surface area contributed by atoms with Gasteiger partial charge in [0.2, 0.25) is 0 Å². The highest BCUT2D eigenvalue weighted by Gasteiger charge is 2.35. The number of allylic oxidation sites excluding steroid dienone is 1. The number of nitrogens with one attached hydrogen (secondary N) is 1. The number of rotatable bonds is 14. The number of aliphatic hydroxyl groups excluding tert-OH is 1. The van der Waals surface area contributed by atoms with Crippen molar-refractivity contribution in [2.75, 3.05) is 19.7 Å². The first kappa shape index (κ1) is 19.2. The van der Waals surface area contributed by atoms with Crippen molar-refractivity contribution in [2.24, 2.45) is 0 Å². The summed E-state index contributed by atoms with van der Waals surface area (Å²) in [5.74, 6) is 0. The van der Waals surface area contributed by atoms with Crippen molar-refractivity contribution in [2.45, 2.75) is 77.3 Å². The quantitative estimate of drug-likeness (QED) is 0.285. The molecule has 0 fully saturated rings. The van der Waals surface area contributed by atoms with Gasteiger partial charge in [-0.05, 0) is 26.2 Å². The van der Waals surface area contributed by atoms with Gasteiger partial charge in [-0.1, -0.05) is 44.6 Å². The minimum absolute atomic E-state index is 0.266. The van der Waals surface area contributed by atoms with Crippen molar-refractivity contribution in [1.82, 2.24) is 5.32 Å². The average molecular weight is 310 g/mol. The first-order valence-electron chi connectivity index (χ1n) is 9.31. The van der Waals surface area contributed by atoms with E-state index in [-0.39, 0.29) is 6.61 Å². The smallest absolute Gasteiger partial charge is 0.166 e. The van der Waals surface area contributed by atoms with E-state index >= 15 is 0 Å². The molecule has 2 N–H and O–H groups in total. The molecule has 0 radical (unpaired) electrons. The van der Waals surface area contributed by atoms with E-state index in [0.29, 0.717) is 6.17 Å². The van der Waals surface area contributed by atoms with Crippen LogP contribution < -0.4 is 5.32 Å². The maximum absolute atomic E-state index is 9.30. The number of nitrogens with zero attached hydrogens (tertiary/aromatic N) is 1. The van der Waals surface area contributed by atoms with Crippen molar-refractivity contribution in [1.29, 1.82) is 0 Å². The van der Waals surface area contributed by atoms with Crippen LogP contribution in [0, 0.1) is 0 Å². The van der Waals surface area contributed by atoms with Gasteiger partial charge < -0.3 is 10.4 Å². The number of hydrogen-bond donors (Lipinski definition) is 2. The predicted octanol–water partition coefficient (Wildman–Crippen LogP) is 4.30. The zero-order valence-electron chi connectivity index (χ0n) is 14.6. The van der Waals surface area contributed by atoms with Crippen molar-refractivity contribution < 1.29 is 9.59 Å². The second-order valence-electron chi connectivity index (χ2n) is 6.56. The van der Waals surface area contributed by atoms with E-state index in [1.54, 1.807) is 0 Å². The Morgan fingerprint density at radius 3 is 2.32 bits per heavy atom. The molecule has 128 valence electrons. The molecular formula is C19H37N2O+. The van der Waals surface area contributed by atoms with Crippen molar-refractivity contribution in [3.05, 3.63) is 25.1 Å². The van der Waals surface area contributed by atoms with Gasteiger partial charge in [0.05, 0.1) is 19.4 Å². The molecule has 22 heavy (non-hydrogen) atoms. The summed E-state index contributed by atoms with van der Waals surface area (Å²) in [6.07, 6.45) is 20.0. The van der Waals surface area contributed by atoms with Crippen molar-refractivity contribution in [3.63, 3.8) is 0 Å². The number of unbranched alkanes of at least 4 members (excludes halogenated alkanes) is 8. The lowest BCUT2D eigenvalue weighted by Gasteiger charge is -2.36. The summed E-state index contributed by atoms with van der Waals surface area (Å²) in [5, 5.41) is 12.8. The highest BCUT2D eigenvalue weighted by molar-refractivity contribution is 4.84. The lowest BCUT2D eigenvalue weighted by Crippen LogP contribution is -2.54. The Labute approximate surface area is 137 Å². The molecule has 0 amide bonds. The molecular weight excluding hydrogens is 272 g/mol. The van der Waals surface area contributed by atoms with Crippen LogP contribution in [0.1, 0.15) is 71.1 Å². The van der Waals surface area contributed by atoms with Crippen LogP contribution in [0.15, 0.2) is 25.1 Å². The van der Waals surface area contributed by atoms with Crippen LogP contribution in [0.4, 0.5) is 0 Å². The van der Waals surface area contributed by atoms with Crippen molar-refractivity contribution >= 4 is 0 Å². The second-order valence-corrected chi connectivity index (χ2v) is 6.56. The number of hydrogen-bond acceptors (Lipinski definition) is 2. The first-order chi connectivity index (χ1) is 10.8. The Morgan fingerprint density at radius 1 is 1.09 bits per heavy atom. The molecule has 1 heterocycles. The molecule has 0 aromatic rings. The van der Waals surface area contributed by atoms with Crippen LogP contribution in [-0.4, -0.2) is 35.5 Å². The highest BCUT2D eigenvalue weighted by atomic mass is 16.3. The van der Waals surface area contributed by atoms with Crippen molar-refractivity contribution in [3.8, 4) is 0 Å². The number of likely N-dealkylation sites (N-methyl/N-ethyl adjacent to an activating group) is 1. The van der Waals surface area contributed by atoms with Gasteiger partial charge in [0, 0.05) is 6.42 Å². The van der Waals surface area contributed by atoms with Gasteiger partial charge in [0.1, 0.15) is 12.7 Å². The normalized spacial score (nSPS) is 23.6. The summed E-state index contributed by atoms with van der Waals surface area (Å²) < 4.78 is 0.903. The molecule has 2 unspecified atom stereocenters. The average Bonchev–Trinajstić information content (AvgIpc) is 2.93. The van der Waals surface area contributed by atoms with E-state index in [1.165, 1.54) is 64.2 Å². The van der Waals surface area contributed by atoms with Gasteiger partial charge in [-0.15, -0.1) is 6.58 Å². The fourth-order valence-electron chi connectivity index (χ4n) is 3.48. The Bertz CT molecular complexity index is 317. The molecule has 0 aliphatic carbocycles. The SMILES string of the molecule is C=CCCCCCCCCCCC1NC=C[N+]1(CC)CCO. The zero-order chi connectivity index (χ0) is 16.1.